The maximum Gasteiger partial charge on any atom is 0.240 e. The molecule has 0 spiro atoms. The Morgan fingerprint density at radius 2 is 1.93 bits per heavy atom. The first-order valence-electron chi connectivity index (χ1n) is 5.59. The molecule has 0 bridgehead atoms. The molecule has 2 saturated heterocycles. The van der Waals surface area contributed by atoms with E-state index in [0.717, 1.165) is 19.6 Å². The van der Waals surface area contributed by atoms with Crippen LogP contribution in [0.15, 0.2) is 0 Å². The molecular formula is C11H20N2O2. The summed E-state index contributed by atoms with van der Waals surface area (Å²) in [5.41, 5.74) is 0.129. The normalized spacial score (nSPS) is 31.1. The van der Waals surface area contributed by atoms with Crippen molar-refractivity contribution < 1.29 is 9.53 Å². The van der Waals surface area contributed by atoms with Crippen LogP contribution < -0.4 is 0 Å². The van der Waals surface area contributed by atoms with Crippen LogP contribution >= 0.6 is 0 Å². The first kappa shape index (κ1) is 10.9. The van der Waals surface area contributed by atoms with Gasteiger partial charge in [0.1, 0.15) is 0 Å². The van der Waals surface area contributed by atoms with E-state index in [4.69, 9.17) is 4.74 Å². The average molecular weight is 212 g/mol. The van der Waals surface area contributed by atoms with Crippen LogP contribution in [0, 0.1) is 5.41 Å². The quantitative estimate of drug-likeness (QED) is 0.622. The largest absolute Gasteiger partial charge is 0.378 e. The molecule has 1 atom stereocenters. The molecule has 4 nitrogen and oxygen atoms in total. The fraction of sp³-hybridized carbons (Fsp3) is 0.909. The van der Waals surface area contributed by atoms with Crippen molar-refractivity contribution in [2.24, 2.45) is 5.41 Å². The highest BCUT2D eigenvalue weighted by molar-refractivity contribution is 5.84. The number of hydrogen-bond donors (Lipinski definition) is 0. The van der Waals surface area contributed by atoms with E-state index in [-0.39, 0.29) is 17.4 Å². The lowest BCUT2D eigenvalue weighted by molar-refractivity contribution is -0.155. The zero-order valence-corrected chi connectivity index (χ0v) is 9.82. The lowest BCUT2D eigenvalue weighted by Crippen LogP contribution is -2.67. The fourth-order valence-electron chi connectivity index (χ4n) is 2.78. The summed E-state index contributed by atoms with van der Waals surface area (Å²) in [6.45, 7) is 8.20. The van der Waals surface area contributed by atoms with Gasteiger partial charge in [-0.05, 0) is 7.05 Å². The lowest BCUT2D eigenvalue weighted by Gasteiger charge is -2.52. The molecule has 1 amide bonds. The van der Waals surface area contributed by atoms with Gasteiger partial charge in [-0.1, -0.05) is 13.8 Å². The Balaban J connectivity index is 2.00. The zero-order valence-electron chi connectivity index (χ0n) is 9.82. The molecule has 2 fully saturated rings. The molecule has 2 heterocycles. The first-order valence-corrected chi connectivity index (χ1v) is 5.59. The molecule has 2 rings (SSSR count). The minimum Gasteiger partial charge on any atom is -0.378 e. The Kier molecular flexibility index (Phi) is 2.73. The molecule has 0 N–H and O–H groups in total. The van der Waals surface area contributed by atoms with Crippen molar-refractivity contribution in [3.05, 3.63) is 0 Å². The number of morpholine rings is 1. The van der Waals surface area contributed by atoms with E-state index in [2.05, 4.69) is 18.7 Å². The van der Waals surface area contributed by atoms with Gasteiger partial charge in [-0.25, -0.2) is 0 Å². The van der Waals surface area contributed by atoms with E-state index in [1.54, 1.807) is 0 Å². The van der Waals surface area contributed by atoms with Gasteiger partial charge < -0.3 is 9.64 Å². The highest BCUT2D eigenvalue weighted by Crippen LogP contribution is 2.36. The summed E-state index contributed by atoms with van der Waals surface area (Å²) in [6.07, 6.45) is 0. The van der Waals surface area contributed by atoms with E-state index in [0.29, 0.717) is 13.2 Å². The third-order valence-electron chi connectivity index (χ3n) is 3.39. The topological polar surface area (TPSA) is 32.8 Å². The summed E-state index contributed by atoms with van der Waals surface area (Å²) in [5, 5.41) is 0. The van der Waals surface area contributed by atoms with Crippen LogP contribution in [0.1, 0.15) is 13.8 Å². The van der Waals surface area contributed by atoms with Crippen molar-refractivity contribution >= 4 is 5.91 Å². The van der Waals surface area contributed by atoms with Gasteiger partial charge in [0.25, 0.3) is 0 Å². The maximum atomic E-state index is 12.2. The number of likely N-dealkylation sites (tertiary alicyclic amines) is 1. The van der Waals surface area contributed by atoms with E-state index in [1.807, 2.05) is 11.9 Å². The van der Waals surface area contributed by atoms with Crippen molar-refractivity contribution in [1.29, 1.82) is 0 Å². The van der Waals surface area contributed by atoms with Gasteiger partial charge in [-0.2, -0.15) is 0 Å². The summed E-state index contributed by atoms with van der Waals surface area (Å²) < 4.78 is 5.25. The van der Waals surface area contributed by atoms with Crippen LogP contribution in [-0.2, 0) is 9.53 Å². The number of nitrogens with zero attached hydrogens (tertiary/aromatic N) is 2. The Hall–Kier alpha value is -0.610. The Morgan fingerprint density at radius 1 is 1.33 bits per heavy atom. The maximum absolute atomic E-state index is 12.2. The van der Waals surface area contributed by atoms with Crippen LogP contribution in [0.2, 0.25) is 0 Å². The van der Waals surface area contributed by atoms with Gasteiger partial charge in [-0.3, -0.25) is 9.69 Å². The molecular weight excluding hydrogens is 192 g/mol. The molecule has 0 saturated carbocycles. The smallest absolute Gasteiger partial charge is 0.240 e. The monoisotopic (exact) mass is 212 g/mol. The molecule has 1 unspecified atom stereocenters. The number of ether oxygens (including phenoxy) is 1. The number of hydrogen-bond acceptors (Lipinski definition) is 3. The van der Waals surface area contributed by atoms with Crippen molar-refractivity contribution in [3.63, 3.8) is 0 Å². The number of amides is 1. The molecule has 0 radical (unpaired) electrons. The lowest BCUT2D eigenvalue weighted by atomic mass is 9.74. The van der Waals surface area contributed by atoms with E-state index in [9.17, 15) is 4.79 Å². The Labute approximate surface area is 91.2 Å². The minimum absolute atomic E-state index is 0.0654. The van der Waals surface area contributed by atoms with E-state index >= 15 is 0 Å². The molecule has 15 heavy (non-hydrogen) atoms. The van der Waals surface area contributed by atoms with Crippen LogP contribution in [-0.4, -0.2) is 61.6 Å². The van der Waals surface area contributed by atoms with Crippen LogP contribution in [0.3, 0.4) is 0 Å². The molecule has 2 aliphatic rings. The van der Waals surface area contributed by atoms with Crippen LogP contribution in [0.5, 0.6) is 0 Å². The molecule has 0 aliphatic carbocycles. The number of carbonyl (C=O) groups is 1. The summed E-state index contributed by atoms with van der Waals surface area (Å²) in [5.74, 6) is 0.275. The summed E-state index contributed by atoms with van der Waals surface area (Å²) in [6, 6.07) is 0.0654. The molecule has 0 aromatic heterocycles. The number of likely N-dealkylation sites (N-methyl/N-ethyl adjacent to an activating group) is 1. The van der Waals surface area contributed by atoms with Gasteiger partial charge in [0, 0.05) is 25.0 Å². The zero-order chi connectivity index (χ0) is 11.1. The predicted octanol–water partition coefficient (Wildman–Crippen LogP) is 0.185. The third-order valence-corrected chi connectivity index (χ3v) is 3.39. The third kappa shape index (κ3) is 1.88. The van der Waals surface area contributed by atoms with Crippen molar-refractivity contribution in [3.8, 4) is 0 Å². The molecule has 2 aliphatic heterocycles. The molecule has 0 aromatic carbocycles. The fourth-order valence-corrected chi connectivity index (χ4v) is 2.78. The minimum atomic E-state index is 0.0654. The molecule has 0 aromatic rings. The molecule has 4 heteroatoms. The van der Waals surface area contributed by atoms with Crippen molar-refractivity contribution in [2.45, 2.75) is 19.9 Å². The highest BCUT2D eigenvalue weighted by Gasteiger charge is 2.49. The number of rotatable bonds is 1. The number of carbonyl (C=O) groups excluding carboxylic acids is 1. The molecule has 86 valence electrons. The highest BCUT2D eigenvalue weighted by atomic mass is 16.5. The second kappa shape index (κ2) is 3.76. The first-order chi connectivity index (χ1) is 7.02. The Morgan fingerprint density at radius 3 is 2.40 bits per heavy atom. The van der Waals surface area contributed by atoms with Crippen molar-refractivity contribution in [1.82, 2.24) is 9.80 Å². The van der Waals surface area contributed by atoms with E-state index in [1.165, 1.54) is 0 Å². The van der Waals surface area contributed by atoms with Gasteiger partial charge in [0.05, 0.1) is 19.3 Å². The second-order valence-corrected chi connectivity index (χ2v) is 5.24. The van der Waals surface area contributed by atoms with Gasteiger partial charge >= 0.3 is 0 Å². The summed E-state index contributed by atoms with van der Waals surface area (Å²) in [7, 11) is 2.02. The van der Waals surface area contributed by atoms with Crippen molar-refractivity contribution in [2.75, 3.05) is 39.9 Å². The predicted molar refractivity (Wildman–Crippen MR) is 57.6 cm³/mol. The summed E-state index contributed by atoms with van der Waals surface area (Å²) >= 11 is 0. The summed E-state index contributed by atoms with van der Waals surface area (Å²) in [4.78, 5) is 16.3. The van der Waals surface area contributed by atoms with Gasteiger partial charge in [0.2, 0.25) is 5.91 Å². The Bertz CT molecular complexity index is 259. The SMILES string of the molecule is CN1CC(C)(C)C1C(=O)N1CCOCC1. The van der Waals surface area contributed by atoms with Gasteiger partial charge in [0.15, 0.2) is 0 Å². The standard InChI is InChI=1S/C11H20N2O2/c1-11(2)8-12(3)9(11)10(14)13-4-6-15-7-5-13/h9H,4-8H2,1-3H3. The average Bonchev–Trinajstić information content (AvgIpc) is 2.17. The van der Waals surface area contributed by atoms with E-state index < -0.39 is 0 Å². The van der Waals surface area contributed by atoms with Crippen LogP contribution in [0.4, 0.5) is 0 Å². The van der Waals surface area contributed by atoms with Crippen LogP contribution in [0.25, 0.3) is 0 Å². The van der Waals surface area contributed by atoms with Gasteiger partial charge in [-0.15, -0.1) is 0 Å². The second-order valence-electron chi connectivity index (χ2n) is 5.24.